The minimum absolute atomic E-state index is 0.0864. The minimum atomic E-state index is -0.808. The van der Waals surface area contributed by atoms with E-state index in [4.69, 9.17) is 11.2 Å². The SMILES string of the molecule is C#CCC(=O)N(C)CC1(O)CCOCC1. The first-order valence-corrected chi connectivity index (χ1v) is 5.05. The van der Waals surface area contributed by atoms with Gasteiger partial charge in [0.1, 0.15) is 0 Å². The Hall–Kier alpha value is -1.05. The Morgan fingerprint density at radius 3 is 2.73 bits per heavy atom. The largest absolute Gasteiger partial charge is 0.388 e. The normalized spacial score (nSPS) is 19.3. The Labute approximate surface area is 90.2 Å². The van der Waals surface area contributed by atoms with Crippen molar-refractivity contribution < 1.29 is 14.6 Å². The summed E-state index contributed by atoms with van der Waals surface area (Å²) < 4.78 is 5.16. The Kier molecular flexibility index (Phi) is 4.13. The van der Waals surface area contributed by atoms with Crippen molar-refractivity contribution in [2.45, 2.75) is 24.9 Å². The number of ether oxygens (including phenoxy) is 1. The average Bonchev–Trinajstić information content (AvgIpc) is 2.18. The molecule has 0 aromatic rings. The summed E-state index contributed by atoms with van der Waals surface area (Å²) in [5.74, 6) is 2.17. The lowest BCUT2D eigenvalue weighted by Crippen LogP contribution is -2.47. The Morgan fingerprint density at radius 2 is 2.20 bits per heavy atom. The molecule has 84 valence electrons. The minimum Gasteiger partial charge on any atom is -0.388 e. The highest BCUT2D eigenvalue weighted by Gasteiger charge is 2.32. The Balaban J connectivity index is 2.45. The molecule has 1 aliphatic heterocycles. The van der Waals surface area contributed by atoms with Crippen LogP contribution >= 0.6 is 0 Å². The summed E-state index contributed by atoms with van der Waals surface area (Å²) in [4.78, 5) is 12.9. The fraction of sp³-hybridized carbons (Fsp3) is 0.727. The van der Waals surface area contributed by atoms with E-state index in [0.29, 0.717) is 32.6 Å². The van der Waals surface area contributed by atoms with Gasteiger partial charge in [-0.2, -0.15) is 0 Å². The molecule has 0 aliphatic carbocycles. The first-order chi connectivity index (χ1) is 7.07. The summed E-state index contributed by atoms with van der Waals surface area (Å²) in [5.41, 5.74) is -0.808. The van der Waals surface area contributed by atoms with Gasteiger partial charge in [0.05, 0.1) is 12.0 Å². The van der Waals surface area contributed by atoms with E-state index in [9.17, 15) is 9.90 Å². The van der Waals surface area contributed by atoms with E-state index in [1.165, 1.54) is 4.90 Å². The molecule has 0 unspecified atom stereocenters. The van der Waals surface area contributed by atoms with Crippen LogP contribution in [0, 0.1) is 12.3 Å². The number of terminal acetylenes is 1. The van der Waals surface area contributed by atoms with Crippen molar-refractivity contribution in [3.63, 3.8) is 0 Å². The molecule has 1 rings (SSSR count). The number of likely N-dealkylation sites (N-methyl/N-ethyl adjacent to an activating group) is 1. The van der Waals surface area contributed by atoms with Crippen LogP contribution in [-0.2, 0) is 9.53 Å². The number of hydrogen-bond donors (Lipinski definition) is 1. The maximum atomic E-state index is 11.4. The van der Waals surface area contributed by atoms with Crippen LogP contribution in [-0.4, -0.2) is 48.3 Å². The lowest BCUT2D eigenvalue weighted by atomic mass is 9.94. The van der Waals surface area contributed by atoms with Gasteiger partial charge in [0, 0.05) is 39.6 Å². The van der Waals surface area contributed by atoms with E-state index in [2.05, 4.69) is 5.92 Å². The second-order valence-electron chi connectivity index (χ2n) is 3.97. The summed E-state index contributed by atoms with van der Waals surface area (Å²) in [7, 11) is 1.66. The van der Waals surface area contributed by atoms with Crippen LogP contribution in [0.15, 0.2) is 0 Å². The van der Waals surface area contributed by atoms with Crippen molar-refractivity contribution in [1.29, 1.82) is 0 Å². The zero-order valence-electron chi connectivity index (χ0n) is 9.03. The fourth-order valence-corrected chi connectivity index (χ4v) is 1.66. The summed E-state index contributed by atoms with van der Waals surface area (Å²) in [6, 6.07) is 0. The molecule has 1 heterocycles. The molecular weight excluding hydrogens is 194 g/mol. The van der Waals surface area contributed by atoms with Crippen molar-refractivity contribution in [1.82, 2.24) is 4.90 Å². The zero-order valence-corrected chi connectivity index (χ0v) is 9.03. The molecule has 0 atom stereocenters. The lowest BCUT2D eigenvalue weighted by molar-refractivity contribution is -0.135. The van der Waals surface area contributed by atoms with E-state index >= 15 is 0 Å². The Morgan fingerprint density at radius 1 is 1.60 bits per heavy atom. The number of aliphatic hydroxyl groups is 1. The van der Waals surface area contributed by atoms with Gasteiger partial charge in [-0.1, -0.05) is 5.92 Å². The van der Waals surface area contributed by atoms with E-state index in [1.54, 1.807) is 7.05 Å². The van der Waals surface area contributed by atoms with Gasteiger partial charge < -0.3 is 14.7 Å². The van der Waals surface area contributed by atoms with Crippen LogP contribution in [0.3, 0.4) is 0 Å². The molecule has 1 amide bonds. The van der Waals surface area contributed by atoms with Gasteiger partial charge in [-0.3, -0.25) is 4.79 Å². The first-order valence-electron chi connectivity index (χ1n) is 5.05. The number of hydrogen-bond acceptors (Lipinski definition) is 3. The van der Waals surface area contributed by atoms with Crippen molar-refractivity contribution in [2.24, 2.45) is 0 Å². The number of carbonyl (C=O) groups is 1. The van der Waals surface area contributed by atoms with Gasteiger partial charge in [0.2, 0.25) is 5.91 Å². The first kappa shape index (κ1) is 12.0. The van der Waals surface area contributed by atoms with Gasteiger partial charge in [-0.15, -0.1) is 6.42 Å². The molecule has 0 radical (unpaired) electrons. The highest BCUT2D eigenvalue weighted by molar-refractivity contribution is 5.78. The smallest absolute Gasteiger partial charge is 0.234 e. The summed E-state index contributed by atoms with van der Waals surface area (Å²) in [6.07, 6.45) is 6.28. The van der Waals surface area contributed by atoms with Crippen LogP contribution in [0.5, 0.6) is 0 Å². The fourth-order valence-electron chi connectivity index (χ4n) is 1.66. The Bertz CT molecular complexity index is 263. The van der Waals surface area contributed by atoms with Crippen LogP contribution in [0.1, 0.15) is 19.3 Å². The molecular formula is C11H17NO3. The maximum absolute atomic E-state index is 11.4. The molecule has 1 N–H and O–H groups in total. The topological polar surface area (TPSA) is 49.8 Å². The quantitative estimate of drug-likeness (QED) is 0.669. The molecule has 1 aliphatic rings. The van der Waals surface area contributed by atoms with Crippen LogP contribution in [0.2, 0.25) is 0 Å². The molecule has 0 bridgehead atoms. The van der Waals surface area contributed by atoms with E-state index in [0.717, 1.165) is 0 Å². The zero-order chi connectivity index (χ0) is 11.3. The van der Waals surface area contributed by atoms with Gasteiger partial charge in [-0.25, -0.2) is 0 Å². The van der Waals surface area contributed by atoms with Crippen molar-refractivity contribution in [3.8, 4) is 12.3 Å². The summed E-state index contributed by atoms with van der Waals surface area (Å²) in [5, 5.41) is 10.1. The predicted octanol–water partition coefficient (Wildman–Crippen LogP) is 0.00960. The third kappa shape index (κ3) is 3.54. The number of rotatable bonds is 3. The summed E-state index contributed by atoms with van der Waals surface area (Å²) >= 11 is 0. The standard InChI is InChI=1S/C11H17NO3/c1-3-4-10(13)12(2)9-11(14)5-7-15-8-6-11/h1,14H,4-9H2,2H3. The molecule has 1 saturated heterocycles. The van der Waals surface area contributed by atoms with Crippen LogP contribution in [0.25, 0.3) is 0 Å². The van der Waals surface area contributed by atoms with Gasteiger partial charge in [-0.05, 0) is 0 Å². The number of carbonyl (C=O) groups excluding carboxylic acids is 1. The molecule has 0 aromatic heterocycles. The second-order valence-corrected chi connectivity index (χ2v) is 3.97. The molecule has 0 aromatic carbocycles. The average molecular weight is 211 g/mol. The third-order valence-electron chi connectivity index (χ3n) is 2.63. The third-order valence-corrected chi connectivity index (χ3v) is 2.63. The van der Waals surface area contributed by atoms with Gasteiger partial charge in [0.15, 0.2) is 0 Å². The van der Waals surface area contributed by atoms with Crippen LogP contribution in [0.4, 0.5) is 0 Å². The molecule has 0 saturated carbocycles. The lowest BCUT2D eigenvalue weighted by Gasteiger charge is -2.35. The predicted molar refractivity (Wildman–Crippen MR) is 56.1 cm³/mol. The molecule has 15 heavy (non-hydrogen) atoms. The maximum Gasteiger partial charge on any atom is 0.234 e. The van der Waals surface area contributed by atoms with E-state index in [1.807, 2.05) is 0 Å². The van der Waals surface area contributed by atoms with Gasteiger partial charge >= 0.3 is 0 Å². The molecule has 4 heteroatoms. The van der Waals surface area contributed by atoms with Crippen molar-refractivity contribution in [2.75, 3.05) is 26.8 Å². The van der Waals surface area contributed by atoms with Crippen molar-refractivity contribution >= 4 is 5.91 Å². The van der Waals surface area contributed by atoms with Crippen molar-refractivity contribution in [3.05, 3.63) is 0 Å². The highest BCUT2D eigenvalue weighted by atomic mass is 16.5. The molecule has 1 fully saturated rings. The van der Waals surface area contributed by atoms with E-state index in [-0.39, 0.29) is 12.3 Å². The van der Waals surface area contributed by atoms with E-state index < -0.39 is 5.60 Å². The molecule has 0 spiro atoms. The van der Waals surface area contributed by atoms with Crippen LogP contribution < -0.4 is 0 Å². The number of nitrogens with zero attached hydrogens (tertiary/aromatic N) is 1. The number of amides is 1. The summed E-state index contributed by atoms with van der Waals surface area (Å²) in [6.45, 7) is 1.43. The van der Waals surface area contributed by atoms with Gasteiger partial charge in [0.25, 0.3) is 0 Å². The highest BCUT2D eigenvalue weighted by Crippen LogP contribution is 2.21. The monoisotopic (exact) mass is 211 g/mol. The second kappa shape index (κ2) is 5.15. The molecule has 4 nitrogen and oxygen atoms in total.